The van der Waals surface area contributed by atoms with Gasteiger partial charge >= 0.3 is 0 Å². The van der Waals surface area contributed by atoms with Crippen LogP contribution >= 0.6 is 0 Å². The number of hydrogen-bond acceptors (Lipinski definition) is 8. The molecule has 21 heavy (non-hydrogen) atoms. The highest BCUT2D eigenvalue weighted by atomic mass is 16.7. The van der Waals surface area contributed by atoms with Crippen LogP contribution in [0.2, 0.25) is 0 Å². The number of aliphatic hydroxyl groups excluding tert-OH is 4. The molecule has 0 radical (unpaired) electrons. The molecule has 1 aliphatic heterocycles. The Bertz CT molecular complexity index is 493. The Kier molecular flexibility index (Phi) is 4.70. The molecule has 0 bridgehead atoms. The zero-order valence-electron chi connectivity index (χ0n) is 10.8. The molecule has 0 aliphatic carbocycles. The lowest BCUT2D eigenvalue weighted by molar-refractivity contribution is -0.384. The van der Waals surface area contributed by atoms with E-state index in [-0.39, 0.29) is 11.4 Å². The Balaban J connectivity index is 2.04. The maximum absolute atomic E-state index is 10.5. The zero-order valence-corrected chi connectivity index (χ0v) is 10.8. The standard InChI is InChI=1S/C12H15NO8/c14-5-8(15)11-9(16)10(17)12(21-11)20-7-3-1-6(2-4-7)13(18)19/h1-4,8-12,14-17H,5H2/t8?,9-,10?,11+,12?/m0/s1. The number of rotatable bonds is 5. The Morgan fingerprint density at radius 2 is 1.90 bits per heavy atom. The topological polar surface area (TPSA) is 143 Å². The third-order valence-corrected chi connectivity index (χ3v) is 3.12. The first kappa shape index (κ1) is 15.6. The van der Waals surface area contributed by atoms with E-state index in [1.807, 2.05) is 0 Å². The fraction of sp³-hybridized carbons (Fsp3) is 0.500. The SMILES string of the molecule is O=[N+]([O-])c1ccc(OC2O[C@H](C(O)CO)[C@@H](O)C2O)cc1. The van der Waals surface area contributed by atoms with E-state index in [4.69, 9.17) is 14.6 Å². The Labute approximate surface area is 119 Å². The summed E-state index contributed by atoms with van der Waals surface area (Å²) in [6.45, 7) is -0.640. The molecule has 0 aromatic heterocycles. The van der Waals surface area contributed by atoms with Crippen molar-refractivity contribution in [2.24, 2.45) is 0 Å². The molecule has 0 amide bonds. The van der Waals surface area contributed by atoms with E-state index in [1.165, 1.54) is 24.3 Å². The van der Waals surface area contributed by atoms with E-state index in [0.29, 0.717) is 0 Å². The van der Waals surface area contributed by atoms with Gasteiger partial charge in [0.25, 0.3) is 5.69 Å². The summed E-state index contributed by atoms with van der Waals surface area (Å²) in [5, 5.41) is 48.3. The second-order valence-electron chi connectivity index (χ2n) is 4.57. The van der Waals surface area contributed by atoms with Crippen LogP contribution in [0.3, 0.4) is 0 Å². The molecule has 1 saturated heterocycles. The molecular formula is C12H15NO8. The monoisotopic (exact) mass is 301 g/mol. The van der Waals surface area contributed by atoms with Gasteiger partial charge in [-0.15, -0.1) is 0 Å². The molecule has 0 spiro atoms. The van der Waals surface area contributed by atoms with Crippen molar-refractivity contribution in [3.63, 3.8) is 0 Å². The minimum Gasteiger partial charge on any atom is -0.462 e. The van der Waals surface area contributed by atoms with E-state index in [0.717, 1.165) is 0 Å². The van der Waals surface area contributed by atoms with E-state index in [1.54, 1.807) is 0 Å². The molecule has 9 heteroatoms. The lowest BCUT2D eigenvalue weighted by Crippen LogP contribution is -2.40. The summed E-state index contributed by atoms with van der Waals surface area (Å²) in [5.41, 5.74) is -0.121. The fourth-order valence-electron chi connectivity index (χ4n) is 1.97. The highest BCUT2D eigenvalue weighted by Gasteiger charge is 2.47. The van der Waals surface area contributed by atoms with Crippen LogP contribution in [0.25, 0.3) is 0 Å². The van der Waals surface area contributed by atoms with Gasteiger partial charge in [-0.05, 0) is 12.1 Å². The van der Waals surface area contributed by atoms with Crippen molar-refractivity contribution in [2.75, 3.05) is 6.61 Å². The maximum atomic E-state index is 10.5. The number of nitro groups is 1. The summed E-state index contributed by atoms with van der Waals surface area (Å²) in [4.78, 5) is 9.95. The van der Waals surface area contributed by atoms with Crippen molar-refractivity contribution in [3.8, 4) is 5.75 Å². The van der Waals surface area contributed by atoms with Crippen LogP contribution in [0.1, 0.15) is 0 Å². The van der Waals surface area contributed by atoms with Crippen LogP contribution in [-0.4, -0.2) is 62.7 Å². The van der Waals surface area contributed by atoms with Gasteiger partial charge in [-0.3, -0.25) is 10.1 Å². The quantitative estimate of drug-likeness (QED) is 0.391. The van der Waals surface area contributed by atoms with Gasteiger partial charge in [0.1, 0.15) is 30.2 Å². The molecular weight excluding hydrogens is 286 g/mol. The molecule has 9 nitrogen and oxygen atoms in total. The zero-order chi connectivity index (χ0) is 15.6. The van der Waals surface area contributed by atoms with Gasteiger partial charge in [0.05, 0.1) is 11.5 Å². The summed E-state index contributed by atoms with van der Waals surface area (Å²) in [6, 6.07) is 5.06. The summed E-state index contributed by atoms with van der Waals surface area (Å²) in [5.74, 6) is 0.191. The van der Waals surface area contributed by atoms with Crippen molar-refractivity contribution in [2.45, 2.75) is 30.7 Å². The molecule has 1 aromatic carbocycles. The Morgan fingerprint density at radius 1 is 1.29 bits per heavy atom. The van der Waals surface area contributed by atoms with Gasteiger partial charge in [0.15, 0.2) is 0 Å². The second-order valence-corrected chi connectivity index (χ2v) is 4.57. The van der Waals surface area contributed by atoms with Crippen molar-refractivity contribution < 1.29 is 34.8 Å². The van der Waals surface area contributed by atoms with Crippen LogP contribution in [0.5, 0.6) is 5.75 Å². The normalized spacial score (nSPS) is 30.1. The molecule has 1 aliphatic rings. The largest absolute Gasteiger partial charge is 0.462 e. The summed E-state index contributed by atoms with van der Waals surface area (Å²) in [6.07, 6.45) is -6.65. The first-order valence-electron chi connectivity index (χ1n) is 6.15. The van der Waals surface area contributed by atoms with Crippen molar-refractivity contribution in [1.29, 1.82) is 0 Å². The third-order valence-electron chi connectivity index (χ3n) is 3.12. The lowest BCUT2D eigenvalue weighted by atomic mass is 10.1. The first-order valence-corrected chi connectivity index (χ1v) is 6.15. The van der Waals surface area contributed by atoms with Gasteiger partial charge in [-0.1, -0.05) is 0 Å². The van der Waals surface area contributed by atoms with Gasteiger partial charge in [0, 0.05) is 12.1 Å². The van der Waals surface area contributed by atoms with Crippen molar-refractivity contribution >= 4 is 5.69 Å². The molecule has 5 atom stereocenters. The van der Waals surface area contributed by atoms with Gasteiger partial charge < -0.3 is 29.9 Å². The first-order chi connectivity index (χ1) is 9.93. The Morgan fingerprint density at radius 3 is 2.43 bits per heavy atom. The van der Waals surface area contributed by atoms with E-state index < -0.39 is 42.2 Å². The molecule has 1 aromatic rings. The minimum atomic E-state index is -1.42. The van der Waals surface area contributed by atoms with Crippen molar-refractivity contribution in [1.82, 2.24) is 0 Å². The maximum Gasteiger partial charge on any atom is 0.269 e. The van der Waals surface area contributed by atoms with Crippen LogP contribution in [-0.2, 0) is 4.74 Å². The van der Waals surface area contributed by atoms with Gasteiger partial charge in [-0.2, -0.15) is 0 Å². The van der Waals surface area contributed by atoms with E-state index >= 15 is 0 Å². The van der Waals surface area contributed by atoms with Crippen LogP contribution in [0, 0.1) is 10.1 Å². The molecule has 4 N–H and O–H groups in total. The number of nitro benzene ring substituents is 1. The molecule has 1 fully saturated rings. The number of non-ortho nitro benzene ring substituents is 1. The van der Waals surface area contributed by atoms with Crippen molar-refractivity contribution in [3.05, 3.63) is 34.4 Å². The minimum absolute atomic E-state index is 0.121. The Hall–Kier alpha value is -1.78. The number of ether oxygens (including phenoxy) is 2. The molecule has 3 unspecified atom stereocenters. The van der Waals surface area contributed by atoms with Crippen LogP contribution < -0.4 is 4.74 Å². The average Bonchev–Trinajstić information content (AvgIpc) is 2.75. The predicted molar refractivity (Wildman–Crippen MR) is 67.5 cm³/mol. The van der Waals surface area contributed by atoms with Gasteiger partial charge in [0.2, 0.25) is 6.29 Å². The smallest absolute Gasteiger partial charge is 0.269 e. The third kappa shape index (κ3) is 3.28. The molecule has 0 saturated carbocycles. The predicted octanol–water partition coefficient (Wildman–Crippen LogP) is -1.23. The number of nitrogens with zero attached hydrogens (tertiary/aromatic N) is 1. The second kappa shape index (κ2) is 6.33. The number of aliphatic hydroxyl groups is 4. The summed E-state index contributed by atoms with van der Waals surface area (Å²) < 4.78 is 10.4. The highest BCUT2D eigenvalue weighted by Crippen LogP contribution is 2.27. The molecule has 1 heterocycles. The highest BCUT2D eigenvalue weighted by molar-refractivity contribution is 5.36. The van der Waals surface area contributed by atoms with Crippen LogP contribution in [0.4, 0.5) is 5.69 Å². The lowest BCUT2D eigenvalue weighted by Gasteiger charge is -2.18. The van der Waals surface area contributed by atoms with E-state index in [2.05, 4.69) is 0 Å². The average molecular weight is 301 g/mol. The molecule has 2 rings (SSSR count). The van der Waals surface area contributed by atoms with Crippen LogP contribution in [0.15, 0.2) is 24.3 Å². The number of benzene rings is 1. The molecule has 116 valence electrons. The van der Waals surface area contributed by atoms with E-state index in [9.17, 15) is 25.4 Å². The summed E-state index contributed by atoms with van der Waals surface area (Å²) in [7, 11) is 0. The fourth-order valence-corrected chi connectivity index (χ4v) is 1.97. The van der Waals surface area contributed by atoms with Gasteiger partial charge in [-0.25, -0.2) is 0 Å². The number of hydrogen-bond donors (Lipinski definition) is 4. The summed E-state index contributed by atoms with van der Waals surface area (Å²) >= 11 is 0.